The van der Waals surface area contributed by atoms with Crippen molar-refractivity contribution >= 4 is 11.9 Å². The summed E-state index contributed by atoms with van der Waals surface area (Å²) in [6.07, 6.45) is 8.54. The highest BCUT2D eigenvalue weighted by Gasteiger charge is 2.43. The lowest BCUT2D eigenvalue weighted by Crippen LogP contribution is -2.26. The van der Waals surface area contributed by atoms with Crippen LogP contribution in [0.5, 0.6) is 0 Å². The first kappa shape index (κ1) is 28.1. The smallest absolute Gasteiger partial charge is 0.306 e. The lowest BCUT2D eigenvalue weighted by molar-refractivity contribution is -0.149. The Morgan fingerprint density at radius 3 is 2.53 bits per heavy atom. The van der Waals surface area contributed by atoms with Crippen molar-refractivity contribution in [2.45, 2.75) is 103 Å². The SMILES string of the molecule is CC(=O)O[C@H]1C[C@@H](O)C(CC[C@@H](O)CCc2ccccc2)[C@H]1C/C=C\CCCC(=O)OC(C)C. The van der Waals surface area contributed by atoms with Crippen LogP contribution in [0.25, 0.3) is 0 Å². The molecule has 1 aliphatic rings. The first-order chi connectivity index (χ1) is 16.3. The number of allylic oxidation sites excluding steroid dienone is 2. The van der Waals surface area contributed by atoms with E-state index in [1.807, 2.05) is 38.1 Å². The third kappa shape index (κ3) is 10.4. The van der Waals surface area contributed by atoms with Crippen LogP contribution in [0, 0.1) is 11.8 Å². The predicted molar refractivity (Wildman–Crippen MR) is 132 cm³/mol. The van der Waals surface area contributed by atoms with Crippen LogP contribution in [-0.4, -0.2) is 46.6 Å². The van der Waals surface area contributed by atoms with Crippen LogP contribution in [0.15, 0.2) is 42.5 Å². The molecule has 1 saturated carbocycles. The fourth-order valence-corrected chi connectivity index (χ4v) is 4.79. The third-order valence-electron chi connectivity index (χ3n) is 6.45. The summed E-state index contributed by atoms with van der Waals surface area (Å²) in [4.78, 5) is 23.2. The molecular weight excluding hydrogens is 432 g/mol. The molecule has 1 aromatic rings. The number of ether oxygens (including phenoxy) is 2. The van der Waals surface area contributed by atoms with Crippen LogP contribution in [0.3, 0.4) is 0 Å². The maximum atomic E-state index is 11.6. The highest BCUT2D eigenvalue weighted by atomic mass is 16.5. The molecule has 1 aromatic carbocycles. The number of rotatable bonds is 14. The Morgan fingerprint density at radius 1 is 1.12 bits per heavy atom. The number of aliphatic hydroxyl groups excluding tert-OH is 2. The van der Waals surface area contributed by atoms with E-state index in [4.69, 9.17) is 9.47 Å². The number of aliphatic hydroxyl groups is 2. The summed E-state index contributed by atoms with van der Waals surface area (Å²) in [5.74, 6) is -0.523. The van der Waals surface area contributed by atoms with E-state index in [0.29, 0.717) is 38.5 Å². The summed E-state index contributed by atoms with van der Waals surface area (Å²) in [5, 5.41) is 21.2. The molecule has 2 N–H and O–H groups in total. The Balaban J connectivity index is 1.83. The number of hydrogen-bond donors (Lipinski definition) is 2. The van der Waals surface area contributed by atoms with Gasteiger partial charge in [-0.25, -0.2) is 0 Å². The zero-order chi connectivity index (χ0) is 24.9. The topological polar surface area (TPSA) is 93.1 Å². The molecular formula is C28H42O6. The van der Waals surface area contributed by atoms with Gasteiger partial charge in [-0.3, -0.25) is 9.59 Å². The van der Waals surface area contributed by atoms with Gasteiger partial charge in [0.2, 0.25) is 0 Å². The van der Waals surface area contributed by atoms with Crippen LogP contribution in [-0.2, 0) is 25.5 Å². The van der Waals surface area contributed by atoms with E-state index in [1.54, 1.807) is 0 Å². The average Bonchev–Trinajstić information content (AvgIpc) is 3.06. The van der Waals surface area contributed by atoms with E-state index < -0.39 is 12.2 Å². The Labute approximate surface area is 204 Å². The fourth-order valence-electron chi connectivity index (χ4n) is 4.79. The Morgan fingerprint density at radius 2 is 1.85 bits per heavy atom. The number of carbonyl (C=O) groups excluding carboxylic acids is 2. The molecule has 0 radical (unpaired) electrons. The summed E-state index contributed by atoms with van der Waals surface area (Å²) in [5.41, 5.74) is 1.21. The lowest BCUT2D eigenvalue weighted by atomic mass is 9.85. The van der Waals surface area contributed by atoms with Crippen molar-refractivity contribution in [1.29, 1.82) is 0 Å². The van der Waals surface area contributed by atoms with E-state index in [2.05, 4.69) is 18.2 Å². The summed E-state index contributed by atoms with van der Waals surface area (Å²) in [6.45, 7) is 5.08. The number of hydrogen-bond acceptors (Lipinski definition) is 6. The number of esters is 2. The largest absolute Gasteiger partial charge is 0.463 e. The van der Waals surface area contributed by atoms with Gasteiger partial charge in [-0.15, -0.1) is 0 Å². The van der Waals surface area contributed by atoms with Gasteiger partial charge in [0.15, 0.2) is 0 Å². The summed E-state index contributed by atoms with van der Waals surface area (Å²) in [6, 6.07) is 10.1. The minimum absolute atomic E-state index is 0.0161. The molecule has 0 aromatic heterocycles. The molecule has 2 rings (SSSR count). The molecule has 0 bridgehead atoms. The van der Waals surface area contributed by atoms with Gasteiger partial charge in [-0.1, -0.05) is 42.5 Å². The number of unbranched alkanes of at least 4 members (excludes halogenated alkanes) is 1. The highest BCUT2D eigenvalue weighted by molar-refractivity contribution is 5.69. The van der Waals surface area contributed by atoms with Gasteiger partial charge < -0.3 is 19.7 Å². The number of carbonyl (C=O) groups is 2. The Bertz CT molecular complexity index is 759. The van der Waals surface area contributed by atoms with Crippen molar-refractivity contribution in [3.63, 3.8) is 0 Å². The number of benzene rings is 1. The maximum absolute atomic E-state index is 11.6. The van der Waals surface area contributed by atoms with E-state index in [9.17, 15) is 19.8 Å². The molecule has 0 saturated heterocycles. The normalized spacial score (nSPS) is 23.4. The molecule has 34 heavy (non-hydrogen) atoms. The summed E-state index contributed by atoms with van der Waals surface area (Å²) in [7, 11) is 0. The molecule has 0 spiro atoms. The van der Waals surface area contributed by atoms with Crippen molar-refractivity contribution in [2.75, 3.05) is 0 Å². The van der Waals surface area contributed by atoms with Gasteiger partial charge >= 0.3 is 11.9 Å². The second kappa shape index (κ2) is 14.9. The van der Waals surface area contributed by atoms with E-state index in [0.717, 1.165) is 19.3 Å². The van der Waals surface area contributed by atoms with Crippen molar-refractivity contribution in [3.8, 4) is 0 Å². The van der Waals surface area contributed by atoms with Gasteiger partial charge in [0.25, 0.3) is 0 Å². The summed E-state index contributed by atoms with van der Waals surface area (Å²) < 4.78 is 10.7. The third-order valence-corrected chi connectivity index (χ3v) is 6.45. The highest BCUT2D eigenvalue weighted by Crippen LogP contribution is 2.40. The van der Waals surface area contributed by atoms with E-state index in [-0.39, 0.29) is 36.0 Å². The van der Waals surface area contributed by atoms with Crippen LogP contribution in [0.4, 0.5) is 0 Å². The van der Waals surface area contributed by atoms with Crippen molar-refractivity contribution < 1.29 is 29.3 Å². The second-order valence-corrected chi connectivity index (χ2v) is 9.67. The standard InChI is InChI=1S/C28H42O6/c1-20(2)33-28(32)14-10-5-4-9-13-25-24(26(31)19-27(25)34-21(3)29)18-17-23(30)16-15-22-11-7-6-8-12-22/h4,6-9,11-12,20,23-27,30-31H,5,10,13-19H2,1-3H3/b9-4-/t23-,24?,25+,26+,27-/m0/s1. The van der Waals surface area contributed by atoms with Crippen LogP contribution < -0.4 is 0 Å². The molecule has 6 heteroatoms. The van der Waals surface area contributed by atoms with E-state index >= 15 is 0 Å². The predicted octanol–water partition coefficient (Wildman–Crippen LogP) is 4.76. The fraction of sp³-hybridized carbons (Fsp3) is 0.643. The zero-order valence-corrected chi connectivity index (χ0v) is 20.9. The van der Waals surface area contributed by atoms with Crippen LogP contribution in [0.2, 0.25) is 0 Å². The molecule has 1 fully saturated rings. The molecule has 5 atom stereocenters. The number of aryl methyl sites for hydroxylation is 1. The summed E-state index contributed by atoms with van der Waals surface area (Å²) >= 11 is 0. The van der Waals surface area contributed by atoms with Gasteiger partial charge in [0.05, 0.1) is 18.3 Å². The molecule has 0 amide bonds. The second-order valence-electron chi connectivity index (χ2n) is 9.67. The van der Waals surface area contributed by atoms with Gasteiger partial charge in [0.1, 0.15) is 6.10 Å². The van der Waals surface area contributed by atoms with Gasteiger partial charge in [-0.2, -0.15) is 0 Å². The Kier molecular flexibility index (Phi) is 12.3. The van der Waals surface area contributed by atoms with Crippen LogP contribution in [0.1, 0.15) is 77.7 Å². The first-order valence-electron chi connectivity index (χ1n) is 12.7. The minimum Gasteiger partial charge on any atom is -0.463 e. The monoisotopic (exact) mass is 474 g/mol. The van der Waals surface area contributed by atoms with Crippen LogP contribution >= 0.6 is 0 Å². The molecule has 190 valence electrons. The average molecular weight is 475 g/mol. The van der Waals surface area contributed by atoms with Gasteiger partial charge in [0, 0.05) is 25.7 Å². The molecule has 1 unspecified atom stereocenters. The zero-order valence-electron chi connectivity index (χ0n) is 20.9. The molecule has 1 aliphatic carbocycles. The quantitative estimate of drug-likeness (QED) is 0.229. The van der Waals surface area contributed by atoms with Gasteiger partial charge in [-0.05, 0) is 70.3 Å². The van der Waals surface area contributed by atoms with Crippen molar-refractivity contribution in [2.24, 2.45) is 11.8 Å². The van der Waals surface area contributed by atoms with E-state index in [1.165, 1.54) is 12.5 Å². The molecule has 0 heterocycles. The molecule has 6 nitrogen and oxygen atoms in total. The lowest BCUT2D eigenvalue weighted by Gasteiger charge is -2.25. The van der Waals surface area contributed by atoms with Crippen molar-refractivity contribution in [1.82, 2.24) is 0 Å². The first-order valence-corrected chi connectivity index (χ1v) is 12.7. The maximum Gasteiger partial charge on any atom is 0.306 e. The van der Waals surface area contributed by atoms with Crippen molar-refractivity contribution in [3.05, 3.63) is 48.0 Å². The molecule has 0 aliphatic heterocycles. The Hall–Kier alpha value is -2.18. The minimum atomic E-state index is -0.546.